The summed E-state index contributed by atoms with van der Waals surface area (Å²) in [5.74, 6) is -0.981. The number of methoxy groups -OCH3 is 1. The SMILES string of the molecule is COCCCC(CCc1ccccc1)c1cc(C(=O)O)cc(N(C)S(C)(=O)=O)c1. The zero-order valence-electron chi connectivity index (χ0n) is 17.2. The average Bonchev–Trinajstić information content (AvgIpc) is 2.69. The number of nitrogens with zero attached hydrogens (tertiary/aromatic N) is 1. The fourth-order valence-corrected chi connectivity index (χ4v) is 3.79. The minimum atomic E-state index is -3.50. The van der Waals surface area contributed by atoms with Gasteiger partial charge in [-0.25, -0.2) is 13.2 Å². The lowest BCUT2D eigenvalue weighted by molar-refractivity contribution is 0.0696. The fraction of sp³-hybridized carbons (Fsp3) is 0.409. The number of benzene rings is 2. The number of carboxylic acids is 1. The van der Waals surface area contributed by atoms with Crippen LogP contribution >= 0.6 is 0 Å². The molecule has 0 aliphatic heterocycles. The number of aromatic carboxylic acids is 1. The molecular weight excluding hydrogens is 390 g/mol. The maximum Gasteiger partial charge on any atom is 0.335 e. The fourth-order valence-electron chi connectivity index (χ4n) is 3.30. The Labute approximate surface area is 173 Å². The highest BCUT2D eigenvalue weighted by Crippen LogP contribution is 2.31. The molecule has 0 fully saturated rings. The van der Waals surface area contributed by atoms with Gasteiger partial charge in [-0.1, -0.05) is 30.3 Å². The second kappa shape index (κ2) is 10.4. The van der Waals surface area contributed by atoms with Crippen molar-refractivity contribution in [1.82, 2.24) is 0 Å². The molecule has 0 bridgehead atoms. The third kappa shape index (κ3) is 6.87. The first kappa shape index (κ1) is 22.9. The number of carbonyl (C=O) groups is 1. The summed E-state index contributed by atoms with van der Waals surface area (Å²) in [7, 11) is -0.406. The molecule has 0 saturated heterocycles. The Morgan fingerprint density at radius 2 is 1.83 bits per heavy atom. The van der Waals surface area contributed by atoms with Gasteiger partial charge in [-0.05, 0) is 60.9 Å². The molecule has 158 valence electrons. The van der Waals surface area contributed by atoms with Crippen LogP contribution in [0.4, 0.5) is 5.69 Å². The van der Waals surface area contributed by atoms with Gasteiger partial charge in [-0.2, -0.15) is 0 Å². The molecule has 2 aromatic rings. The van der Waals surface area contributed by atoms with Crippen molar-refractivity contribution in [2.45, 2.75) is 31.6 Å². The maximum absolute atomic E-state index is 12.0. The van der Waals surface area contributed by atoms with E-state index in [4.69, 9.17) is 4.74 Å². The van der Waals surface area contributed by atoms with E-state index < -0.39 is 16.0 Å². The minimum absolute atomic E-state index is 0.0875. The van der Waals surface area contributed by atoms with Gasteiger partial charge in [0.15, 0.2) is 0 Å². The van der Waals surface area contributed by atoms with E-state index >= 15 is 0 Å². The van der Waals surface area contributed by atoms with Crippen LogP contribution in [0.15, 0.2) is 48.5 Å². The Bertz CT molecular complexity index is 912. The number of anilines is 1. The van der Waals surface area contributed by atoms with E-state index in [1.54, 1.807) is 19.2 Å². The van der Waals surface area contributed by atoms with Gasteiger partial charge in [0.1, 0.15) is 0 Å². The first-order valence-corrected chi connectivity index (χ1v) is 11.4. The molecular formula is C22H29NO5S. The summed E-state index contributed by atoms with van der Waals surface area (Å²) in [6, 6.07) is 15.0. The van der Waals surface area contributed by atoms with Crippen LogP contribution < -0.4 is 4.31 Å². The molecule has 2 aromatic carbocycles. The van der Waals surface area contributed by atoms with Crippen LogP contribution in [0.1, 0.15) is 46.7 Å². The van der Waals surface area contributed by atoms with Crippen molar-refractivity contribution in [3.8, 4) is 0 Å². The molecule has 1 N–H and O–H groups in total. The van der Waals surface area contributed by atoms with E-state index in [2.05, 4.69) is 12.1 Å². The predicted molar refractivity (Wildman–Crippen MR) is 115 cm³/mol. The van der Waals surface area contributed by atoms with E-state index in [1.807, 2.05) is 18.2 Å². The molecule has 0 aromatic heterocycles. The molecule has 7 heteroatoms. The van der Waals surface area contributed by atoms with Crippen molar-refractivity contribution in [3.63, 3.8) is 0 Å². The van der Waals surface area contributed by atoms with Crippen LogP contribution in [0, 0.1) is 0 Å². The van der Waals surface area contributed by atoms with Gasteiger partial charge < -0.3 is 9.84 Å². The van der Waals surface area contributed by atoms with Gasteiger partial charge in [-0.15, -0.1) is 0 Å². The number of hydrogen-bond acceptors (Lipinski definition) is 4. The van der Waals surface area contributed by atoms with E-state index in [-0.39, 0.29) is 11.5 Å². The first-order valence-electron chi connectivity index (χ1n) is 9.57. The van der Waals surface area contributed by atoms with Gasteiger partial charge in [0.2, 0.25) is 10.0 Å². The van der Waals surface area contributed by atoms with E-state index in [0.29, 0.717) is 12.3 Å². The summed E-state index contributed by atoms with van der Waals surface area (Å²) in [4.78, 5) is 11.7. The van der Waals surface area contributed by atoms with Crippen molar-refractivity contribution in [3.05, 3.63) is 65.2 Å². The molecule has 1 atom stereocenters. The standard InChI is InChI=1S/C22H29NO5S/c1-23(29(3,26)27)21-15-19(14-20(16-21)22(24)25)18(10-7-13-28-2)12-11-17-8-5-4-6-9-17/h4-6,8-9,14-16,18H,7,10-13H2,1-3H3,(H,24,25). The number of aryl methyl sites for hydroxylation is 1. The lowest BCUT2D eigenvalue weighted by atomic mass is 9.87. The molecule has 0 heterocycles. The summed E-state index contributed by atoms with van der Waals surface area (Å²) in [6.07, 6.45) is 4.45. The molecule has 1 unspecified atom stereocenters. The van der Waals surface area contributed by atoms with Gasteiger partial charge >= 0.3 is 5.97 Å². The largest absolute Gasteiger partial charge is 0.478 e. The molecule has 29 heavy (non-hydrogen) atoms. The topological polar surface area (TPSA) is 83.9 Å². The monoisotopic (exact) mass is 419 g/mol. The summed E-state index contributed by atoms with van der Waals surface area (Å²) in [6.45, 7) is 0.622. The maximum atomic E-state index is 12.0. The molecule has 0 amide bonds. The van der Waals surface area contributed by atoms with E-state index in [9.17, 15) is 18.3 Å². The van der Waals surface area contributed by atoms with Gasteiger partial charge in [-0.3, -0.25) is 4.31 Å². The molecule has 2 rings (SSSR count). The number of carboxylic acid groups (broad SMARTS) is 1. The predicted octanol–water partition coefficient (Wildman–Crippen LogP) is 3.92. The molecule has 0 radical (unpaired) electrons. The summed E-state index contributed by atoms with van der Waals surface area (Å²) < 4.78 is 30.3. The number of ether oxygens (including phenoxy) is 1. The summed E-state index contributed by atoms with van der Waals surface area (Å²) in [5.41, 5.74) is 2.50. The zero-order chi connectivity index (χ0) is 21.4. The molecule has 6 nitrogen and oxygen atoms in total. The van der Waals surface area contributed by atoms with E-state index in [0.717, 1.165) is 41.8 Å². The summed E-state index contributed by atoms with van der Waals surface area (Å²) in [5, 5.41) is 9.53. The van der Waals surface area contributed by atoms with Crippen molar-refractivity contribution < 1.29 is 23.1 Å². The summed E-state index contributed by atoms with van der Waals surface area (Å²) >= 11 is 0. The highest BCUT2D eigenvalue weighted by molar-refractivity contribution is 7.92. The Hall–Kier alpha value is -2.38. The Morgan fingerprint density at radius 3 is 2.41 bits per heavy atom. The van der Waals surface area contributed by atoms with Gasteiger partial charge in [0.25, 0.3) is 0 Å². The number of sulfonamides is 1. The first-order chi connectivity index (χ1) is 13.7. The van der Waals surface area contributed by atoms with Crippen LogP contribution in [0.5, 0.6) is 0 Å². The van der Waals surface area contributed by atoms with Gasteiger partial charge in [0, 0.05) is 20.8 Å². The second-order valence-electron chi connectivity index (χ2n) is 7.21. The van der Waals surface area contributed by atoms with Crippen LogP contribution in [-0.4, -0.2) is 46.5 Å². The molecule has 0 aliphatic rings. The highest BCUT2D eigenvalue weighted by atomic mass is 32.2. The minimum Gasteiger partial charge on any atom is -0.478 e. The van der Waals surface area contributed by atoms with E-state index in [1.165, 1.54) is 18.7 Å². The highest BCUT2D eigenvalue weighted by Gasteiger charge is 2.19. The lowest BCUT2D eigenvalue weighted by Crippen LogP contribution is -2.25. The van der Waals surface area contributed by atoms with Crippen LogP contribution in [0.25, 0.3) is 0 Å². The van der Waals surface area contributed by atoms with Crippen LogP contribution in [-0.2, 0) is 21.2 Å². The quantitative estimate of drug-likeness (QED) is 0.558. The average molecular weight is 420 g/mol. The van der Waals surface area contributed by atoms with Crippen molar-refractivity contribution in [1.29, 1.82) is 0 Å². The van der Waals surface area contributed by atoms with Crippen molar-refractivity contribution in [2.24, 2.45) is 0 Å². The van der Waals surface area contributed by atoms with Gasteiger partial charge in [0.05, 0.1) is 17.5 Å². The molecule has 0 spiro atoms. The molecule has 0 aliphatic carbocycles. The third-order valence-corrected chi connectivity index (χ3v) is 6.25. The third-order valence-electron chi connectivity index (χ3n) is 5.04. The Morgan fingerprint density at radius 1 is 1.14 bits per heavy atom. The van der Waals surface area contributed by atoms with Crippen LogP contribution in [0.3, 0.4) is 0 Å². The van der Waals surface area contributed by atoms with Crippen molar-refractivity contribution in [2.75, 3.05) is 31.3 Å². The zero-order valence-corrected chi connectivity index (χ0v) is 18.0. The lowest BCUT2D eigenvalue weighted by Gasteiger charge is -2.22. The Balaban J connectivity index is 2.38. The Kier molecular flexibility index (Phi) is 8.22. The number of rotatable bonds is 11. The van der Waals surface area contributed by atoms with Crippen LogP contribution in [0.2, 0.25) is 0 Å². The molecule has 0 saturated carbocycles. The van der Waals surface area contributed by atoms with Crippen molar-refractivity contribution >= 4 is 21.7 Å². The number of hydrogen-bond donors (Lipinski definition) is 1. The smallest absolute Gasteiger partial charge is 0.335 e. The second-order valence-corrected chi connectivity index (χ2v) is 9.22. The normalized spacial score (nSPS) is 12.5.